The summed E-state index contributed by atoms with van der Waals surface area (Å²) in [6.45, 7) is 3.28. The Kier molecular flexibility index (Phi) is 4.01. The molecule has 4 heteroatoms. The number of ether oxygens (including phenoxy) is 1. The third-order valence-electron chi connectivity index (χ3n) is 2.18. The van der Waals surface area contributed by atoms with Gasteiger partial charge in [0, 0.05) is 6.42 Å². The van der Waals surface area contributed by atoms with Crippen LogP contribution in [0.4, 0.5) is 4.39 Å². The normalized spacial score (nSPS) is 14.2. The first kappa shape index (κ1) is 12.6. The van der Waals surface area contributed by atoms with E-state index in [0.29, 0.717) is 5.56 Å². The summed E-state index contributed by atoms with van der Waals surface area (Å²) in [5.41, 5.74) is -0.896. The summed E-state index contributed by atoms with van der Waals surface area (Å²) in [6, 6.07) is 5.64. The van der Waals surface area contributed by atoms with Crippen molar-refractivity contribution >= 4 is 5.97 Å². The summed E-state index contributed by atoms with van der Waals surface area (Å²) >= 11 is 0. The number of hydrogen-bond donors (Lipinski definition) is 1. The molecule has 0 aliphatic rings. The maximum Gasteiger partial charge on any atom is 0.338 e. The lowest BCUT2D eigenvalue weighted by atomic mass is 9.97. The molecule has 3 nitrogen and oxygen atoms in total. The van der Waals surface area contributed by atoms with E-state index in [4.69, 9.17) is 4.74 Å². The zero-order chi connectivity index (χ0) is 12.2. The van der Waals surface area contributed by atoms with Crippen molar-refractivity contribution in [2.24, 2.45) is 0 Å². The molecule has 1 unspecified atom stereocenters. The fourth-order valence-corrected chi connectivity index (χ4v) is 1.36. The molecule has 1 rings (SSSR count). The Bertz CT molecular complexity index is 357. The van der Waals surface area contributed by atoms with Gasteiger partial charge in [-0.05, 0) is 31.5 Å². The average molecular weight is 226 g/mol. The standard InChI is InChI=1S/C12H15FO3/c1-3-16-11(14)12(2,15)8-9-4-6-10(13)7-5-9/h4-7,15H,3,8H2,1-2H3. The van der Waals surface area contributed by atoms with Gasteiger partial charge in [0.15, 0.2) is 5.60 Å². The summed E-state index contributed by atoms with van der Waals surface area (Å²) in [4.78, 5) is 11.4. The number of aliphatic hydroxyl groups is 1. The molecule has 0 heterocycles. The molecule has 0 saturated carbocycles. The topological polar surface area (TPSA) is 46.5 Å². The highest BCUT2D eigenvalue weighted by molar-refractivity contribution is 5.79. The van der Waals surface area contributed by atoms with Gasteiger partial charge in [-0.2, -0.15) is 0 Å². The van der Waals surface area contributed by atoms with Crippen LogP contribution in [0.15, 0.2) is 24.3 Å². The molecule has 88 valence electrons. The minimum Gasteiger partial charge on any atom is -0.464 e. The quantitative estimate of drug-likeness (QED) is 0.794. The monoisotopic (exact) mass is 226 g/mol. The van der Waals surface area contributed by atoms with Crippen molar-refractivity contribution in [3.8, 4) is 0 Å². The second-order valence-electron chi connectivity index (χ2n) is 3.80. The lowest BCUT2D eigenvalue weighted by Gasteiger charge is -2.20. The molecule has 1 aromatic carbocycles. The van der Waals surface area contributed by atoms with Crippen LogP contribution in [0.1, 0.15) is 19.4 Å². The van der Waals surface area contributed by atoms with E-state index in [9.17, 15) is 14.3 Å². The maximum atomic E-state index is 12.6. The minimum absolute atomic E-state index is 0.103. The van der Waals surface area contributed by atoms with Gasteiger partial charge in [0.05, 0.1) is 6.61 Å². The van der Waals surface area contributed by atoms with Crippen LogP contribution in [0.2, 0.25) is 0 Å². The predicted molar refractivity (Wildman–Crippen MR) is 57.4 cm³/mol. The van der Waals surface area contributed by atoms with Gasteiger partial charge in [0.25, 0.3) is 0 Å². The van der Waals surface area contributed by atoms with E-state index in [2.05, 4.69) is 0 Å². The van der Waals surface area contributed by atoms with Crippen LogP contribution < -0.4 is 0 Å². The smallest absolute Gasteiger partial charge is 0.338 e. The lowest BCUT2D eigenvalue weighted by molar-refractivity contribution is -0.162. The Labute approximate surface area is 93.9 Å². The zero-order valence-corrected chi connectivity index (χ0v) is 9.37. The van der Waals surface area contributed by atoms with Crippen molar-refractivity contribution in [1.82, 2.24) is 0 Å². The van der Waals surface area contributed by atoms with E-state index in [1.165, 1.54) is 31.2 Å². The number of benzene rings is 1. The molecule has 0 fully saturated rings. The van der Waals surface area contributed by atoms with Crippen molar-refractivity contribution in [2.75, 3.05) is 6.61 Å². The molecule has 0 spiro atoms. The van der Waals surface area contributed by atoms with E-state index in [1.807, 2.05) is 0 Å². The van der Waals surface area contributed by atoms with Crippen molar-refractivity contribution in [3.63, 3.8) is 0 Å². The van der Waals surface area contributed by atoms with Crippen molar-refractivity contribution in [1.29, 1.82) is 0 Å². The molecule has 0 radical (unpaired) electrons. The van der Waals surface area contributed by atoms with E-state index in [-0.39, 0.29) is 18.8 Å². The minimum atomic E-state index is -1.58. The number of rotatable bonds is 4. The molecule has 0 saturated heterocycles. The van der Waals surface area contributed by atoms with Crippen molar-refractivity contribution in [2.45, 2.75) is 25.9 Å². The number of hydrogen-bond acceptors (Lipinski definition) is 3. The van der Waals surface area contributed by atoms with Crippen LogP contribution in [0, 0.1) is 5.82 Å². The summed E-state index contributed by atoms with van der Waals surface area (Å²) in [5.74, 6) is -1.01. The molecule has 16 heavy (non-hydrogen) atoms. The molecule has 0 aliphatic carbocycles. The average Bonchev–Trinajstić information content (AvgIpc) is 2.21. The molecule has 0 bridgehead atoms. The number of carbonyl (C=O) groups is 1. The third-order valence-corrected chi connectivity index (χ3v) is 2.18. The van der Waals surface area contributed by atoms with Gasteiger partial charge < -0.3 is 9.84 Å². The molecule has 1 atom stereocenters. The molecule has 1 N–H and O–H groups in total. The van der Waals surface area contributed by atoms with Crippen molar-refractivity contribution < 1.29 is 19.0 Å². The largest absolute Gasteiger partial charge is 0.464 e. The Hall–Kier alpha value is -1.42. The van der Waals surface area contributed by atoms with Crippen molar-refractivity contribution in [3.05, 3.63) is 35.6 Å². The van der Waals surface area contributed by atoms with Gasteiger partial charge in [-0.3, -0.25) is 0 Å². The molecular weight excluding hydrogens is 211 g/mol. The molecule has 0 aromatic heterocycles. The molecular formula is C12H15FO3. The van der Waals surface area contributed by atoms with E-state index >= 15 is 0 Å². The summed E-state index contributed by atoms with van der Waals surface area (Å²) in [5, 5.41) is 9.87. The van der Waals surface area contributed by atoms with Crippen LogP contribution in [0.25, 0.3) is 0 Å². The Balaban J connectivity index is 2.72. The Morgan fingerprint density at radius 2 is 2.00 bits per heavy atom. The highest BCUT2D eigenvalue weighted by atomic mass is 19.1. The van der Waals surface area contributed by atoms with Gasteiger partial charge >= 0.3 is 5.97 Å². The summed E-state index contributed by atoms with van der Waals surface area (Å²) in [7, 11) is 0. The number of carbonyl (C=O) groups excluding carboxylic acids is 1. The molecule has 0 aliphatic heterocycles. The van der Waals surface area contributed by atoms with E-state index in [0.717, 1.165) is 0 Å². The highest BCUT2D eigenvalue weighted by Crippen LogP contribution is 2.15. The van der Waals surface area contributed by atoms with E-state index in [1.54, 1.807) is 6.92 Å². The summed E-state index contributed by atoms with van der Waals surface area (Å²) in [6.07, 6.45) is 0.103. The third kappa shape index (κ3) is 3.31. The SMILES string of the molecule is CCOC(=O)C(C)(O)Cc1ccc(F)cc1. The number of esters is 1. The first-order valence-electron chi connectivity index (χ1n) is 5.10. The van der Waals surface area contributed by atoms with Crippen LogP contribution in [-0.2, 0) is 16.0 Å². The van der Waals surface area contributed by atoms with Gasteiger partial charge in [-0.25, -0.2) is 9.18 Å². The van der Waals surface area contributed by atoms with Gasteiger partial charge in [-0.15, -0.1) is 0 Å². The van der Waals surface area contributed by atoms with Gasteiger partial charge in [0.2, 0.25) is 0 Å². The fraction of sp³-hybridized carbons (Fsp3) is 0.417. The van der Waals surface area contributed by atoms with Crippen LogP contribution in [-0.4, -0.2) is 23.3 Å². The second kappa shape index (κ2) is 5.07. The molecule has 1 aromatic rings. The highest BCUT2D eigenvalue weighted by Gasteiger charge is 2.31. The Morgan fingerprint density at radius 3 is 2.50 bits per heavy atom. The van der Waals surface area contributed by atoms with Crippen LogP contribution in [0.3, 0.4) is 0 Å². The Morgan fingerprint density at radius 1 is 1.44 bits per heavy atom. The van der Waals surface area contributed by atoms with E-state index < -0.39 is 11.6 Å². The zero-order valence-electron chi connectivity index (χ0n) is 9.37. The first-order chi connectivity index (χ1) is 7.45. The predicted octanol–water partition coefficient (Wildman–Crippen LogP) is 1.68. The second-order valence-corrected chi connectivity index (χ2v) is 3.80. The van der Waals surface area contributed by atoms with Crippen LogP contribution in [0.5, 0.6) is 0 Å². The first-order valence-corrected chi connectivity index (χ1v) is 5.10. The maximum absolute atomic E-state index is 12.6. The lowest BCUT2D eigenvalue weighted by Crippen LogP contribution is -2.39. The summed E-state index contributed by atoms with van der Waals surface area (Å²) < 4.78 is 17.4. The molecule has 0 amide bonds. The van der Waals surface area contributed by atoms with Gasteiger partial charge in [-0.1, -0.05) is 12.1 Å². The number of halogens is 1. The van der Waals surface area contributed by atoms with Crippen LogP contribution >= 0.6 is 0 Å². The fourth-order valence-electron chi connectivity index (χ4n) is 1.36. The van der Waals surface area contributed by atoms with Gasteiger partial charge in [0.1, 0.15) is 5.82 Å².